The van der Waals surface area contributed by atoms with Gasteiger partial charge in [0.1, 0.15) is 4.88 Å². The molecule has 0 spiro atoms. The van der Waals surface area contributed by atoms with Crippen LogP contribution in [0.3, 0.4) is 0 Å². The third-order valence-corrected chi connectivity index (χ3v) is 2.51. The van der Waals surface area contributed by atoms with Gasteiger partial charge in [0, 0.05) is 0 Å². The second kappa shape index (κ2) is 5.31. The Morgan fingerprint density at radius 1 is 1.53 bits per heavy atom. The van der Waals surface area contributed by atoms with Crippen molar-refractivity contribution in [1.29, 1.82) is 0 Å². The molecule has 1 N–H and O–H groups in total. The van der Waals surface area contributed by atoms with Crippen molar-refractivity contribution in [3.8, 4) is 0 Å². The molecular formula is C10H11NO3S. The highest BCUT2D eigenvalue weighted by molar-refractivity contribution is 7.12. The number of nitrogens with one attached hydrogen (secondary N) is 1. The molecule has 15 heavy (non-hydrogen) atoms. The quantitative estimate of drug-likeness (QED) is 0.632. The van der Waals surface area contributed by atoms with Crippen LogP contribution < -0.4 is 5.32 Å². The zero-order chi connectivity index (χ0) is 11.3. The number of amides is 1. The largest absolute Gasteiger partial charge is 0.465 e. The van der Waals surface area contributed by atoms with E-state index >= 15 is 0 Å². The van der Waals surface area contributed by atoms with Crippen molar-refractivity contribution in [2.45, 2.75) is 6.92 Å². The molecule has 1 rings (SSSR count). The summed E-state index contributed by atoms with van der Waals surface area (Å²) in [4.78, 5) is 22.9. The minimum absolute atomic E-state index is 0.263. The molecule has 1 heterocycles. The Bertz CT molecular complexity index is 395. The molecule has 0 saturated carbocycles. The Kier molecular flexibility index (Phi) is 4.05. The van der Waals surface area contributed by atoms with E-state index in [0.29, 0.717) is 10.6 Å². The number of methoxy groups -OCH3 is 1. The maximum absolute atomic E-state index is 11.3. The molecule has 0 aromatic carbocycles. The lowest BCUT2D eigenvalue weighted by atomic mass is 10.3. The number of thiophene rings is 1. The van der Waals surface area contributed by atoms with Crippen LogP contribution in [0.4, 0.5) is 5.69 Å². The molecule has 0 aliphatic carbocycles. The van der Waals surface area contributed by atoms with Gasteiger partial charge in [0.15, 0.2) is 0 Å². The molecular weight excluding hydrogens is 214 g/mol. The molecule has 0 saturated heterocycles. The van der Waals surface area contributed by atoms with Crippen LogP contribution in [0.1, 0.15) is 16.6 Å². The molecule has 1 aromatic heterocycles. The normalized spacial score (nSPS) is 10.3. The average molecular weight is 225 g/mol. The summed E-state index contributed by atoms with van der Waals surface area (Å²) in [6, 6.07) is 1.66. The van der Waals surface area contributed by atoms with Crippen LogP contribution >= 0.6 is 11.3 Å². The van der Waals surface area contributed by atoms with Crippen molar-refractivity contribution < 1.29 is 14.3 Å². The van der Waals surface area contributed by atoms with Gasteiger partial charge in [-0.2, -0.15) is 0 Å². The highest BCUT2D eigenvalue weighted by atomic mass is 32.1. The summed E-state index contributed by atoms with van der Waals surface area (Å²) in [7, 11) is 1.31. The van der Waals surface area contributed by atoms with E-state index in [1.807, 2.05) is 0 Å². The van der Waals surface area contributed by atoms with E-state index in [4.69, 9.17) is 0 Å². The number of hydrogen-bond donors (Lipinski definition) is 1. The van der Waals surface area contributed by atoms with Crippen molar-refractivity contribution in [1.82, 2.24) is 0 Å². The first-order chi connectivity index (χ1) is 7.19. The second-order valence-electron chi connectivity index (χ2n) is 2.64. The van der Waals surface area contributed by atoms with Crippen LogP contribution in [-0.4, -0.2) is 19.0 Å². The summed E-state index contributed by atoms with van der Waals surface area (Å²) in [5.74, 6) is -0.707. The number of ether oxygens (including phenoxy) is 1. The average Bonchev–Trinajstić information content (AvgIpc) is 2.65. The molecule has 0 bridgehead atoms. The van der Waals surface area contributed by atoms with Gasteiger partial charge in [-0.25, -0.2) is 4.79 Å². The molecule has 0 radical (unpaired) electrons. The molecule has 0 aliphatic rings. The standard InChI is InChI=1S/C10H11NO3S/c1-3-4-8(12)11-7-5-6-15-9(7)10(13)14-2/h3-6H,1-2H3,(H,11,12)/b4-3+. The minimum Gasteiger partial charge on any atom is -0.465 e. The third kappa shape index (κ3) is 2.92. The first-order valence-corrected chi connectivity index (χ1v) is 5.16. The number of carbonyl (C=O) groups excluding carboxylic acids is 2. The van der Waals surface area contributed by atoms with Gasteiger partial charge in [-0.1, -0.05) is 6.08 Å². The number of hydrogen-bond acceptors (Lipinski definition) is 4. The van der Waals surface area contributed by atoms with Crippen LogP contribution in [-0.2, 0) is 9.53 Å². The van der Waals surface area contributed by atoms with Gasteiger partial charge in [-0.15, -0.1) is 11.3 Å². The van der Waals surface area contributed by atoms with Gasteiger partial charge in [0.25, 0.3) is 0 Å². The Morgan fingerprint density at radius 3 is 2.87 bits per heavy atom. The number of esters is 1. The summed E-state index contributed by atoms with van der Waals surface area (Å²) in [6.07, 6.45) is 3.01. The second-order valence-corrected chi connectivity index (χ2v) is 3.56. The SMILES string of the molecule is C/C=C/C(=O)Nc1ccsc1C(=O)OC. The summed E-state index contributed by atoms with van der Waals surface area (Å²) < 4.78 is 4.58. The number of rotatable bonds is 3. The predicted octanol–water partition coefficient (Wildman–Crippen LogP) is 2.05. The zero-order valence-corrected chi connectivity index (χ0v) is 9.26. The first kappa shape index (κ1) is 11.5. The van der Waals surface area contributed by atoms with Crippen molar-refractivity contribution in [3.05, 3.63) is 28.5 Å². The van der Waals surface area contributed by atoms with Crippen LogP contribution in [0.2, 0.25) is 0 Å². The van der Waals surface area contributed by atoms with E-state index in [1.165, 1.54) is 24.5 Å². The molecule has 0 atom stereocenters. The first-order valence-electron chi connectivity index (χ1n) is 4.28. The van der Waals surface area contributed by atoms with Gasteiger partial charge in [-0.05, 0) is 24.4 Å². The smallest absolute Gasteiger partial charge is 0.350 e. The fraction of sp³-hybridized carbons (Fsp3) is 0.200. The van der Waals surface area contributed by atoms with Crippen molar-refractivity contribution in [2.24, 2.45) is 0 Å². The molecule has 4 nitrogen and oxygen atoms in total. The lowest BCUT2D eigenvalue weighted by Crippen LogP contribution is -2.10. The van der Waals surface area contributed by atoms with E-state index in [1.54, 1.807) is 24.4 Å². The number of anilines is 1. The van der Waals surface area contributed by atoms with Gasteiger partial charge < -0.3 is 10.1 Å². The van der Waals surface area contributed by atoms with Crippen LogP contribution in [0.25, 0.3) is 0 Å². The van der Waals surface area contributed by atoms with Crippen LogP contribution in [0.15, 0.2) is 23.6 Å². The molecule has 0 unspecified atom stereocenters. The topological polar surface area (TPSA) is 55.4 Å². The van der Waals surface area contributed by atoms with Crippen molar-refractivity contribution in [2.75, 3.05) is 12.4 Å². The van der Waals surface area contributed by atoms with E-state index in [2.05, 4.69) is 10.1 Å². The molecule has 1 amide bonds. The Labute approximate surface area is 91.6 Å². The van der Waals surface area contributed by atoms with Gasteiger partial charge in [0.05, 0.1) is 12.8 Å². The Morgan fingerprint density at radius 2 is 2.27 bits per heavy atom. The summed E-state index contributed by atoms with van der Waals surface area (Å²) in [5, 5.41) is 4.31. The van der Waals surface area contributed by atoms with Crippen LogP contribution in [0, 0.1) is 0 Å². The van der Waals surface area contributed by atoms with Gasteiger partial charge in [-0.3, -0.25) is 4.79 Å². The monoisotopic (exact) mass is 225 g/mol. The molecule has 0 aliphatic heterocycles. The van der Waals surface area contributed by atoms with E-state index in [0.717, 1.165) is 0 Å². The van der Waals surface area contributed by atoms with E-state index in [9.17, 15) is 9.59 Å². The number of allylic oxidation sites excluding steroid dienone is 1. The Hall–Kier alpha value is -1.62. The summed E-state index contributed by atoms with van der Waals surface area (Å²) in [5.41, 5.74) is 0.481. The maximum atomic E-state index is 11.3. The Balaban J connectivity index is 2.82. The maximum Gasteiger partial charge on any atom is 0.350 e. The van der Waals surface area contributed by atoms with Gasteiger partial charge in [0.2, 0.25) is 5.91 Å². The summed E-state index contributed by atoms with van der Waals surface area (Å²) >= 11 is 1.23. The highest BCUT2D eigenvalue weighted by Gasteiger charge is 2.14. The minimum atomic E-state index is -0.444. The fourth-order valence-corrected chi connectivity index (χ4v) is 1.75. The lowest BCUT2D eigenvalue weighted by molar-refractivity contribution is -0.111. The third-order valence-electron chi connectivity index (χ3n) is 1.61. The molecule has 5 heteroatoms. The highest BCUT2D eigenvalue weighted by Crippen LogP contribution is 2.22. The molecule has 1 aromatic rings. The van der Waals surface area contributed by atoms with Crippen molar-refractivity contribution in [3.63, 3.8) is 0 Å². The molecule has 0 fully saturated rings. The number of carbonyl (C=O) groups is 2. The molecule has 80 valence electrons. The van der Waals surface area contributed by atoms with Gasteiger partial charge >= 0.3 is 5.97 Å². The fourth-order valence-electron chi connectivity index (χ4n) is 0.984. The van der Waals surface area contributed by atoms with Crippen molar-refractivity contribution >= 4 is 28.9 Å². The van der Waals surface area contributed by atoms with Crippen LogP contribution in [0.5, 0.6) is 0 Å². The van der Waals surface area contributed by atoms with E-state index in [-0.39, 0.29) is 5.91 Å². The predicted molar refractivity (Wildman–Crippen MR) is 59.1 cm³/mol. The zero-order valence-electron chi connectivity index (χ0n) is 8.44. The summed E-state index contributed by atoms with van der Waals surface area (Å²) in [6.45, 7) is 1.74. The lowest BCUT2D eigenvalue weighted by Gasteiger charge is -2.02. The van der Waals surface area contributed by atoms with E-state index < -0.39 is 5.97 Å².